The van der Waals surface area contributed by atoms with Crippen molar-refractivity contribution in [2.24, 2.45) is 0 Å². The number of hydrogen-bond donors (Lipinski definition) is 2. The number of hydrogen-bond acceptors (Lipinski definition) is 3. The van der Waals surface area contributed by atoms with Crippen molar-refractivity contribution in [3.05, 3.63) is 65.2 Å². The Morgan fingerprint density at radius 1 is 1.14 bits per heavy atom. The summed E-state index contributed by atoms with van der Waals surface area (Å²) in [7, 11) is 0. The third kappa shape index (κ3) is 3.95. The summed E-state index contributed by atoms with van der Waals surface area (Å²) >= 11 is 0. The summed E-state index contributed by atoms with van der Waals surface area (Å²) < 4.78 is 0. The van der Waals surface area contributed by atoms with Gasteiger partial charge in [0.05, 0.1) is 5.56 Å². The first-order chi connectivity index (χ1) is 10.5. The zero-order valence-corrected chi connectivity index (χ0v) is 12.7. The summed E-state index contributed by atoms with van der Waals surface area (Å²) in [5, 5.41) is 12.2. The van der Waals surface area contributed by atoms with Gasteiger partial charge in [-0.25, -0.2) is 4.79 Å². The van der Waals surface area contributed by atoms with Gasteiger partial charge in [-0.3, -0.25) is 4.79 Å². The highest BCUT2D eigenvalue weighted by Crippen LogP contribution is 2.19. The number of aromatic carboxylic acids is 1. The van der Waals surface area contributed by atoms with Crippen molar-refractivity contribution >= 4 is 17.4 Å². The molecular weight excluding hydrogens is 278 g/mol. The molecule has 2 aromatic rings. The Balaban J connectivity index is 2.01. The van der Waals surface area contributed by atoms with Crippen molar-refractivity contribution in [1.29, 1.82) is 0 Å². The predicted octanol–water partition coefficient (Wildman–Crippen LogP) is 3.69. The van der Waals surface area contributed by atoms with E-state index in [0.717, 1.165) is 16.8 Å². The van der Waals surface area contributed by atoms with E-state index in [9.17, 15) is 9.59 Å². The molecule has 0 aliphatic carbocycles. The van der Waals surface area contributed by atoms with Crippen LogP contribution < -0.4 is 5.32 Å². The van der Waals surface area contributed by atoms with Gasteiger partial charge in [0.2, 0.25) is 0 Å². The van der Waals surface area contributed by atoms with Gasteiger partial charge in [-0.1, -0.05) is 31.2 Å². The molecule has 0 radical (unpaired) electrons. The van der Waals surface area contributed by atoms with Crippen molar-refractivity contribution < 1.29 is 14.7 Å². The lowest BCUT2D eigenvalue weighted by Gasteiger charge is -2.11. The quantitative estimate of drug-likeness (QED) is 0.853. The number of carbonyl (C=O) groups is 2. The first-order valence-corrected chi connectivity index (χ1v) is 7.14. The Morgan fingerprint density at radius 3 is 2.41 bits per heavy atom. The summed E-state index contributed by atoms with van der Waals surface area (Å²) in [5.74, 6) is -0.878. The molecule has 0 aliphatic heterocycles. The van der Waals surface area contributed by atoms with Crippen LogP contribution in [0.5, 0.6) is 0 Å². The molecule has 2 rings (SSSR count). The van der Waals surface area contributed by atoms with Crippen molar-refractivity contribution in [1.82, 2.24) is 0 Å². The van der Waals surface area contributed by atoms with Crippen molar-refractivity contribution in [2.75, 3.05) is 5.32 Å². The molecule has 1 unspecified atom stereocenters. The van der Waals surface area contributed by atoms with Crippen molar-refractivity contribution in [3.8, 4) is 0 Å². The molecule has 0 saturated carbocycles. The average Bonchev–Trinajstić information content (AvgIpc) is 2.53. The Hall–Kier alpha value is -2.62. The highest BCUT2D eigenvalue weighted by molar-refractivity contribution is 5.87. The van der Waals surface area contributed by atoms with Gasteiger partial charge in [0.25, 0.3) is 0 Å². The van der Waals surface area contributed by atoms with E-state index in [1.165, 1.54) is 0 Å². The third-order valence-electron chi connectivity index (χ3n) is 3.69. The van der Waals surface area contributed by atoms with Crippen LogP contribution >= 0.6 is 0 Å². The number of carboxylic acid groups (broad SMARTS) is 1. The van der Waals surface area contributed by atoms with E-state index < -0.39 is 5.97 Å². The van der Waals surface area contributed by atoms with E-state index in [1.54, 1.807) is 25.1 Å². The second-order valence-corrected chi connectivity index (χ2v) is 5.31. The maximum Gasteiger partial charge on any atom is 0.335 e. The predicted molar refractivity (Wildman–Crippen MR) is 86.3 cm³/mol. The molecule has 0 fully saturated rings. The third-order valence-corrected chi connectivity index (χ3v) is 3.69. The molecule has 2 aromatic carbocycles. The molecule has 114 valence electrons. The van der Waals surface area contributed by atoms with Gasteiger partial charge in [-0.05, 0) is 42.3 Å². The number of rotatable bonds is 6. The molecule has 1 atom stereocenters. The molecular formula is C18H19NO3. The van der Waals surface area contributed by atoms with E-state index in [4.69, 9.17) is 5.11 Å². The summed E-state index contributed by atoms with van der Waals surface area (Å²) in [4.78, 5) is 22.3. The normalized spacial score (nSPS) is 11.7. The summed E-state index contributed by atoms with van der Waals surface area (Å²) in [6, 6.07) is 14.6. The Bertz CT molecular complexity index is 677. The molecule has 0 amide bonds. The van der Waals surface area contributed by atoms with Crippen LogP contribution in [0.3, 0.4) is 0 Å². The molecule has 0 aromatic heterocycles. The Labute approximate surface area is 129 Å². The van der Waals surface area contributed by atoms with Crippen molar-refractivity contribution in [3.63, 3.8) is 0 Å². The molecule has 0 saturated heterocycles. The van der Waals surface area contributed by atoms with E-state index in [2.05, 4.69) is 5.32 Å². The van der Waals surface area contributed by atoms with E-state index in [1.807, 2.05) is 37.3 Å². The van der Waals surface area contributed by atoms with Crippen LogP contribution in [0.2, 0.25) is 0 Å². The van der Waals surface area contributed by atoms with E-state index in [-0.39, 0.29) is 17.3 Å². The Kier molecular flexibility index (Phi) is 4.94. The minimum atomic E-state index is -0.926. The van der Waals surface area contributed by atoms with E-state index >= 15 is 0 Å². The number of benzene rings is 2. The molecule has 4 nitrogen and oxygen atoms in total. The molecule has 2 N–H and O–H groups in total. The highest BCUT2D eigenvalue weighted by Gasteiger charge is 2.09. The average molecular weight is 297 g/mol. The van der Waals surface area contributed by atoms with Gasteiger partial charge in [-0.2, -0.15) is 0 Å². The van der Waals surface area contributed by atoms with Crippen molar-refractivity contribution in [2.45, 2.75) is 26.3 Å². The van der Waals surface area contributed by atoms with Gasteiger partial charge in [-0.15, -0.1) is 0 Å². The second kappa shape index (κ2) is 6.89. The maximum absolute atomic E-state index is 11.4. The van der Waals surface area contributed by atoms with Crippen LogP contribution in [0.15, 0.2) is 48.5 Å². The van der Waals surface area contributed by atoms with Gasteiger partial charge in [0.1, 0.15) is 5.78 Å². The summed E-state index contributed by atoms with van der Waals surface area (Å²) in [6.07, 6.45) is 0. The zero-order valence-electron chi connectivity index (χ0n) is 12.7. The number of carboxylic acids is 1. The zero-order chi connectivity index (χ0) is 16.1. The number of carbonyl (C=O) groups excluding carboxylic acids is 1. The number of ketones is 1. The molecule has 22 heavy (non-hydrogen) atoms. The second-order valence-electron chi connectivity index (χ2n) is 5.31. The lowest BCUT2D eigenvalue weighted by molar-refractivity contribution is -0.118. The highest BCUT2D eigenvalue weighted by atomic mass is 16.4. The Morgan fingerprint density at radius 2 is 1.82 bits per heavy atom. The van der Waals surface area contributed by atoms with Crippen LogP contribution in [0.4, 0.5) is 5.69 Å². The summed E-state index contributed by atoms with van der Waals surface area (Å²) in [6.45, 7) is 4.02. The fourth-order valence-electron chi connectivity index (χ4n) is 2.14. The molecule has 0 bridgehead atoms. The topological polar surface area (TPSA) is 66.4 Å². The lowest BCUT2D eigenvalue weighted by Crippen LogP contribution is -2.05. The standard InChI is InChI=1S/C18H19NO3/c1-12(13(2)20)15-6-8-17(9-7-15)19-11-14-4-3-5-16(10-14)18(21)22/h3-10,12,19H,11H2,1-2H3,(H,21,22). The monoisotopic (exact) mass is 297 g/mol. The summed E-state index contributed by atoms with van der Waals surface area (Å²) in [5.41, 5.74) is 3.11. The first-order valence-electron chi connectivity index (χ1n) is 7.14. The van der Waals surface area contributed by atoms with Gasteiger partial charge >= 0.3 is 5.97 Å². The van der Waals surface area contributed by atoms with Crippen LogP contribution in [-0.2, 0) is 11.3 Å². The van der Waals surface area contributed by atoms with Crippen LogP contribution in [-0.4, -0.2) is 16.9 Å². The maximum atomic E-state index is 11.4. The molecule has 0 spiro atoms. The molecule has 0 heterocycles. The van der Waals surface area contributed by atoms with Crippen LogP contribution in [0, 0.1) is 0 Å². The van der Waals surface area contributed by atoms with Crippen LogP contribution in [0.1, 0.15) is 41.3 Å². The first kappa shape index (κ1) is 15.8. The minimum Gasteiger partial charge on any atom is -0.478 e. The number of anilines is 1. The van der Waals surface area contributed by atoms with Gasteiger partial charge in [0, 0.05) is 18.2 Å². The smallest absolute Gasteiger partial charge is 0.335 e. The van der Waals surface area contributed by atoms with Crippen LogP contribution in [0.25, 0.3) is 0 Å². The SMILES string of the molecule is CC(=O)C(C)c1ccc(NCc2cccc(C(=O)O)c2)cc1. The van der Waals surface area contributed by atoms with Gasteiger partial charge in [0.15, 0.2) is 0 Å². The number of nitrogens with one attached hydrogen (secondary N) is 1. The largest absolute Gasteiger partial charge is 0.478 e. The molecule has 0 aliphatic rings. The van der Waals surface area contributed by atoms with E-state index in [0.29, 0.717) is 6.54 Å². The number of Topliss-reactive ketones (excluding diaryl/α,β-unsaturated/α-hetero) is 1. The lowest BCUT2D eigenvalue weighted by atomic mass is 9.97. The fourth-order valence-corrected chi connectivity index (χ4v) is 2.14. The van der Waals surface area contributed by atoms with Gasteiger partial charge < -0.3 is 10.4 Å². The minimum absolute atomic E-state index is 0.0960. The molecule has 4 heteroatoms. The fraction of sp³-hybridized carbons (Fsp3) is 0.222.